The molecule has 0 saturated heterocycles. The number of nitrogens with one attached hydrogen (secondary N) is 1. The Kier molecular flexibility index (Phi) is 6.50. The first kappa shape index (κ1) is 22.6. The van der Waals surface area contributed by atoms with Crippen LogP contribution in [0.15, 0.2) is 24.3 Å². The zero-order valence-electron chi connectivity index (χ0n) is 18.7. The van der Waals surface area contributed by atoms with Gasteiger partial charge in [0, 0.05) is 31.5 Å². The highest BCUT2D eigenvalue weighted by molar-refractivity contribution is 7.18. The van der Waals surface area contributed by atoms with Gasteiger partial charge in [-0.15, -0.1) is 11.3 Å². The molecular formula is C23H27N3O4S. The molecule has 2 aromatic heterocycles. The summed E-state index contributed by atoms with van der Waals surface area (Å²) in [5.41, 5.74) is 3.10. The van der Waals surface area contributed by atoms with Crippen molar-refractivity contribution in [3.63, 3.8) is 0 Å². The first-order valence-electron chi connectivity index (χ1n) is 10.1. The predicted molar refractivity (Wildman–Crippen MR) is 123 cm³/mol. The van der Waals surface area contributed by atoms with Gasteiger partial charge < -0.3 is 19.5 Å². The average molecular weight is 442 g/mol. The number of aryl methyl sites for hydroxylation is 2. The van der Waals surface area contributed by atoms with Gasteiger partial charge in [-0.2, -0.15) is 0 Å². The zero-order chi connectivity index (χ0) is 22.9. The molecule has 0 atom stereocenters. The van der Waals surface area contributed by atoms with Crippen LogP contribution in [0.4, 0.5) is 5.00 Å². The molecule has 0 aliphatic heterocycles. The van der Waals surface area contributed by atoms with Gasteiger partial charge >= 0.3 is 5.97 Å². The Morgan fingerprint density at radius 3 is 2.39 bits per heavy atom. The Morgan fingerprint density at radius 2 is 1.77 bits per heavy atom. The number of anilines is 1. The Morgan fingerprint density at radius 1 is 1.10 bits per heavy atom. The van der Waals surface area contributed by atoms with Crippen LogP contribution in [-0.4, -0.2) is 48.0 Å². The summed E-state index contributed by atoms with van der Waals surface area (Å²) in [5, 5.41) is 4.21. The number of carbonyl (C=O) groups excluding carboxylic acids is 3. The van der Waals surface area contributed by atoms with E-state index in [0.29, 0.717) is 27.7 Å². The molecule has 7 nitrogen and oxygen atoms in total. The van der Waals surface area contributed by atoms with Crippen molar-refractivity contribution in [3.8, 4) is 0 Å². The van der Waals surface area contributed by atoms with Crippen LogP contribution in [0.5, 0.6) is 0 Å². The van der Waals surface area contributed by atoms with Gasteiger partial charge in [0.05, 0.1) is 17.0 Å². The van der Waals surface area contributed by atoms with E-state index in [-0.39, 0.29) is 24.0 Å². The summed E-state index contributed by atoms with van der Waals surface area (Å²) in [4.78, 5) is 40.5. The van der Waals surface area contributed by atoms with Gasteiger partial charge in [0.25, 0.3) is 11.8 Å². The average Bonchev–Trinajstić information content (AvgIpc) is 3.21. The lowest BCUT2D eigenvalue weighted by Gasteiger charge is -2.10. The van der Waals surface area contributed by atoms with Crippen LogP contribution < -0.4 is 5.32 Å². The van der Waals surface area contributed by atoms with Gasteiger partial charge in [0.2, 0.25) is 0 Å². The highest BCUT2D eigenvalue weighted by Crippen LogP contribution is 2.35. The second-order valence-electron chi connectivity index (χ2n) is 7.37. The summed E-state index contributed by atoms with van der Waals surface area (Å²) in [7, 11) is 3.29. The van der Waals surface area contributed by atoms with Gasteiger partial charge in [-0.3, -0.25) is 9.59 Å². The van der Waals surface area contributed by atoms with Gasteiger partial charge in [-0.1, -0.05) is 18.2 Å². The van der Waals surface area contributed by atoms with E-state index < -0.39 is 5.97 Å². The lowest BCUT2D eigenvalue weighted by atomic mass is 10.1. The van der Waals surface area contributed by atoms with E-state index in [2.05, 4.69) is 5.32 Å². The number of nitrogens with zero attached hydrogens (tertiary/aromatic N) is 2. The third-order valence-electron chi connectivity index (χ3n) is 5.21. The van der Waals surface area contributed by atoms with Crippen molar-refractivity contribution >= 4 is 45.0 Å². The molecule has 0 aliphatic rings. The first-order valence-corrected chi connectivity index (χ1v) is 11.0. The largest absolute Gasteiger partial charge is 0.462 e. The molecule has 0 saturated carbocycles. The van der Waals surface area contributed by atoms with Crippen LogP contribution in [0.2, 0.25) is 0 Å². The Labute approximate surface area is 185 Å². The van der Waals surface area contributed by atoms with E-state index in [1.165, 1.54) is 4.90 Å². The molecule has 164 valence electrons. The molecule has 8 heteroatoms. The lowest BCUT2D eigenvalue weighted by Crippen LogP contribution is -2.21. The Bertz CT molecular complexity index is 1170. The van der Waals surface area contributed by atoms with E-state index in [1.54, 1.807) is 27.9 Å². The minimum absolute atomic E-state index is 0.196. The van der Waals surface area contributed by atoms with E-state index in [9.17, 15) is 14.4 Å². The molecule has 0 aliphatic carbocycles. The maximum absolute atomic E-state index is 13.4. The fraction of sp³-hybridized carbons (Fsp3) is 0.348. The third-order valence-corrected chi connectivity index (χ3v) is 6.40. The summed E-state index contributed by atoms with van der Waals surface area (Å²) in [6.07, 6.45) is 0. The SMILES string of the molecule is CCOC(=O)c1c(NC(=O)c2c(C)c3ccccc3n2CC)sc(C(=O)N(C)C)c1C. The maximum atomic E-state index is 13.4. The van der Waals surface area contributed by atoms with Crippen LogP contribution in [-0.2, 0) is 11.3 Å². The van der Waals surface area contributed by atoms with Crippen molar-refractivity contribution in [2.24, 2.45) is 0 Å². The second kappa shape index (κ2) is 8.93. The molecule has 0 fully saturated rings. The molecule has 0 unspecified atom stereocenters. The molecule has 2 heterocycles. The predicted octanol–water partition coefficient (Wildman–Crippen LogP) is 4.47. The number of aromatic nitrogens is 1. The fourth-order valence-electron chi connectivity index (χ4n) is 3.72. The minimum Gasteiger partial charge on any atom is -0.462 e. The van der Waals surface area contributed by atoms with Crippen LogP contribution in [0.1, 0.15) is 55.5 Å². The highest BCUT2D eigenvalue weighted by atomic mass is 32.1. The summed E-state index contributed by atoms with van der Waals surface area (Å²) >= 11 is 1.09. The molecule has 2 amide bonds. The number of para-hydroxylation sites is 1. The molecular weight excluding hydrogens is 414 g/mol. The molecule has 0 radical (unpaired) electrons. The van der Waals surface area contributed by atoms with Gasteiger partial charge in [0.15, 0.2) is 0 Å². The van der Waals surface area contributed by atoms with Crippen LogP contribution in [0, 0.1) is 13.8 Å². The summed E-state index contributed by atoms with van der Waals surface area (Å²) in [6, 6.07) is 7.85. The Hall–Kier alpha value is -3.13. The quantitative estimate of drug-likeness (QED) is 0.572. The zero-order valence-corrected chi connectivity index (χ0v) is 19.5. The van der Waals surface area contributed by atoms with Crippen molar-refractivity contribution in [2.75, 3.05) is 26.0 Å². The van der Waals surface area contributed by atoms with Crippen LogP contribution in [0.25, 0.3) is 10.9 Å². The summed E-state index contributed by atoms with van der Waals surface area (Å²) in [6.45, 7) is 8.12. The number of carbonyl (C=O) groups is 3. The van der Waals surface area contributed by atoms with Crippen molar-refractivity contribution in [1.82, 2.24) is 9.47 Å². The standard InChI is InChI=1S/C23H27N3O4S/c1-7-26-16-12-10-9-11-15(16)13(3)18(26)20(27)24-21-17(23(29)30-8-2)14(4)19(31-21)22(28)25(5)6/h9-12H,7-8H2,1-6H3,(H,24,27). The summed E-state index contributed by atoms with van der Waals surface area (Å²) < 4.78 is 7.15. The first-order chi connectivity index (χ1) is 14.7. The number of hydrogen-bond donors (Lipinski definition) is 1. The van der Waals surface area contributed by atoms with E-state index >= 15 is 0 Å². The van der Waals surface area contributed by atoms with E-state index in [0.717, 1.165) is 27.8 Å². The number of benzene rings is 1. The van der Waals surface area contributed by atoms with E-state index in [1.807, 2.05) is 42.7 Å². The number of amides is 2. The van der Waals surface area contributed by atoms with Gasteiger partial charge in [-0.25, -0.2) is 4.79 Å². The fourth-order valence-corrected chi connectivity index (χ4v) is 4.93. The normalized spacial score (nSPS) is 10.9. The molecule has 3 aromatic rings. The third kappa shape index (κ3) is 3.95. The monoisotopic (exact) mass is 441 g/mol. The number of rotatable bonds is 6. The van der Waals surface area contributed by atoms with Gasteiger partial charge in [-0.05, 0) is 44.9 Å². The molecule has 1 aromatic carbocycles. The number of thiophene rings is 1. The second-order valence-corrected chi connectivity index (χ2v) is 8.39. The van der Waals surface area contributed by atoms with Crippen LogP contribution in [0.3, 0.4) is 0 Å². The molecule has 3 rings (SSSR count). The van der Waals surface area contributed by atoms with E-state index in [4.69, 9.17) is 4.74 Å². The summed E-state index contributed by atoms with van der Waals surface area (Å²) in [5.74, 6) is -1.12. The maximum Gasteiger partial charge on any atom is 0.341 e. The topological polar surface area (TPSA) is 80.6 Å². The highest BCUT2D eigenvalue weighted by Gasteiger charge is 2.29. The smallest absolute Gasteiger partial charge is 0.341 e. The number of hydrogen-bond acceptors (Lipinski definition) is 5. The molecule has 31 heavy (non-hydrogen) atoms. The number of esters is 1. The van der Waals surface area contributed by atoms with Crippen molar-refractivity contribution < 1.29 is 19.1 Å². The molecule has 0 spiro atoms. The lowest BCUT2D eigenvalue weighted by molar-refractivity contribution is 0.0527. The minimum atomic E-state index is -0.558. The van der Waals surface area contributed by atoms with Crippen molar-refractivity contribution in [1.29, 1.82) is 0 Å². The molecule has 0 bridgehead atoms. The van der Waals surface area contributed by atoms with Crippen molar-refractivity contribution in [3.05, 3.63) is 51.5 Å². The molecule has 1 N–H and O–H groups in total. The van der Waals surface area contributed by atoms with Crippen LogP contribution >= 0.6 is 11.3 Å². The van der Waals surface area contributed by atoms with Gasteiger partial charge in [0.1, 0.15) is 10.7 Å². The Balaban J connectivity index is 2.10. The number of fused-ring (bicyclic) bond motifs is 1. The van der Waals surface area contributed by atoms with Crippen molar-refractivity contribution in [2.45, 2.75) is 34.2 Å². The number of ether oxygens (including phenoxy) is 1.